The molecule has 0 aliphatic carbocycles. The highest BCUT2D eigenvalue weighted by atomic mass is 16.5. The van der Waals surface area contributed by atoms with Gasteiger partial charge in [0.2, 0.25) is 0 Å². The Morgan fingerprint density at radius 2 is 1.78 bits per heavy atom. The minimum Gasteiger partial charge on any atom is -0.496 e. The third-order valence-electron chi connectivity index (χ3n) is 5.42. The van der Waals surface area contributed by atoms with Crippen LogP contribution in [-0.2, 0) is 29.1 Å². The molecule has 0 saturated carbocycles. The number of hydrogen-bond donors (Lipinski definition) is 2. The van der Waals surface area contributed by atoms with E-state index in [9.17, 15) is 4.79 Å². The Kier molecular flexibility index (Phi) is 8.89. The Bertz CT molecular complexity index is 926. The summed E-state index contributed by atoms with van der Waals surface area (Å²) < 4.78 is 15.6. The Morgan fingerprint density at radius 1 is 1.06 bits per heavy atom. The molecule has 0 radical (unpaired) electrons. The lowest BCUT2D eigenvalue weighted by molar-refractivity contribution is 0.0341. The molecule has 0 unspecified atom stereocenters. The first-order valence-electron chi connectivity index (χ1n) is 10.7. The van der Waals surface area contributed by atoms with Gasteiger partial charge in [0, 0.05) is 39.8 Å². The summed E-state index contributed by atoms with van der Waals surface area (Å²) in [6.07, 6.45) is 0. The predicted molar refractivity (Wildman–Crippen MR) is 124 cm³/mol. The maximum Gasteiger partial charge on any atom is 0.341 e. The molecular formula is C24H32N4O4. The van der Waals surface area contributed by atoms with Gasteiger partial charge >= 0.3 is 5.97 Å². The highest BCUT2D eigenvalue weighted by Crippen LogP contribution is 2.20. The minimum atomic E-state index is -0.428. The topological polar surface area (TPSA) is 84.4 Å². The van der Waals surface area contributed by atoms with Crippen molar-refractivity contribution < 1.29 is 19.0 Å². The second-order valence-electron chi connectivity index (χ2n) is 7.46. The van der Waals surface area contributed by atoms with Gasteiger partial charge in [-0.25, -0.2) is 4.79 Å². The number of hydrogen-bond acceptors (Lipinski definition) is 6. The van der Waals surface area contributed by atoms with E-state index in [0.29, 0.717) is 30.4 Å². The molecule has 8 heteroatoms. The zero-order valence-electron chi connectivity index (χ0n) is 19.0. The maximum absolute atomic E-state index is 12.0. The van der Waals surface area contributed by atoms with Crippen molar-refractivity contribution in [2.75, 3.05) is 47.6 Å². The molecule has 1 aliphatic heterocycles. The zero-order chi connectivity index (χ0) is 22.8. The van der Waals surface area contributed by atoms with E-state index in [-0.39, 0.29) is 0 Å². The molecular weight excluding hydrogens is 408 g/mol. The van der Waals surface area contributed by atoms with Gasteiger partial charge in [-0.05, 0) is 28.8 Å². The summed E-state index contributed by atoms with van der Waals surface area (Å²) in [6, 6.07) is 13.9. The molecule has 0 amide bonds. The smallest absolute Gasteiger partial charge is 0.341 e. The number of nitrogens with one attached hydrogen (secondary N) is 2. The maximum atomic E-state index is 12.0. The SMILES string of the molecule is CN=C(NCc1ccc(OC)c(C(=O)OC)c1)NCc1ccccc1CN1CCOCC1. The van der Waals surface area contributed by atoms with Crippen molar-refractivity contribution in [2.24, 2.45) is 4.99 Å². The van der Waals surface area contributed by atoms with Gasteiger partial charge in [-0.1, -0.05) is 30.3 Å². The van der Waals surface area contributed by atoms with Crippen LogP contribution in [-0.4, -0.2) is 64.4 Å². The zero-order valence-corrected chi connectivity index (χ0v) is 19.0. The third-order valence-corrected chi connectivity index (χ3v) is 5.42. The summed E-state index contributed by atoms with van der Waals surface area (Å²) >= 11 is 0. The molecule has 0 bridgehead atoms. The lowest BCUT2D eigenvalue weighted by atomic mass is 10.1. The molecule has 1 heterocycles. The van der Waals surface area contributed by atoms with Crippen molar-refractivity contribution >= 4 is 11.9 Å². The van der Waals surface area contributed by atoms with Gasteiger partial charge in [0.25, 0.3) is 0 Å². The number of esters is 1. The molecule has 3 rings (SSSR count). The second-order valence-corrected chi connectivity index (χ2v) is 7.46. The van der Waals surface area contributed by atoms with Gasteiger partial charge in [0.1, 0.15) is 11.3 Å². The van der Waals surface area contributed by atoms with E-state index in [1.807, 2.05) is 6.07 Å². The van der Waals surface area contributed by atoms with Crippen LogP contribution in [0.5, 0.6) is 5.75 Å². The number of carbonyl (C=O) groups excluding carboxylic acids is 1. The van der Waals surface area contributed by atoms with E-state index < -0.39 is 5.97 Å². The van der Waals surface area contributed by atoms with Gasteiger partial charge < -0.3 is 24.8 Å². The van der Waals surface area contributed by atoms with Crippen molar-refractivity contribution in [3.63, 3.8) is 0 Å². The number of aliphatic imine (C=N–C) groups is 1. The molecule has 32 heavy (non-hydrogen) atoms. The van der Waals surface area contributed by atoms with E-state index in [2.05, 4.69) is 44.8 Å². The lowest BCUT2D eigenvalue weighted by Crippen LogP contribution is -2.37. The lowest BCUT2D eigenvalue weighted by Gasteiger charge is -2.27. The molecule has 172 valence electrons. The van der Waals surface area contributed by atoms with Crippen molar-refractivity contribution in [3.8, 4) is 5.75 Å². The highest BCUT2D eigenvalue weighted by Gasteiger charge is 2.14. The van der Waals surface area contributed by atoms with E-state index in [0.717, 1.165) is 38.4 Å². The monoisotopic (exact) mass is 440 g/mol. The van der Waals surface area contributed by atoms with E-state index in [1.165, 1.54) is 25.3 Å². The number of nitrogens with zero attached hydrogens (tertiary/aromatic N) is 2. The summed E-state index contributed by atoms with van der Waals surface area (Å²) in [7, 11) is 4.63. The van der Waals surface area contributed by atoms with Crippen LogP contribution in [0.15, 0.2) is 47.5 Å². The Balaban J connectivity index is 1.58. The first kappa shape index (κ1) is 23.6. The quantitative estimate of drug-likeness (QED) is 0.370. The number of rotatable bonds is 8. The van der Waals surface area contributed by atoms with Crippen LogP contribution in [0.25, 0.3) is 0 Å². The van der Waals surface area contributed by atoms with Crippen molar-refractivity contribution in [2.45, 2.75) is 19.6 Å². The molecule has 0 aromatic heterocycles. The molecule has 1 saturated heterocycles. The number of methoxy groups -OCH3 is 2. The minimum absolute atomic E-state index is 0.397. The van der Waals surface area contributed by atoms with Gasteiger partial charge in [-0.2, -0.15) is 0 Å². The van der Waals surface area contributed by atoms with Gasteiger partial charge in [0.05, 0.1) is 27.4 Å². The highest BCUT2D eigenvalue weighted by molar-refractivity contribution is 5.92. The van der Waals surface area contributed by atoms with Crippen LogP contribution in [0.3, 0.4) is 0 Å². The summed E-state index contributed by atoms with van der Waals surface area (Å²) in [5.41, 5.74) is 3.85. The fourth-order valence-corrected chi connectivity index (χ4v) is 3.60. The number of carbonyl (C=O) groups is 1. The van der Waals surface area contributed by atoms with E-state index in [1.54, 1.807) is 19.2 Å². The van der Waals surface area contributed by atoms with Crippen molar-refractivity contribution in [1.82, 2.24) is 15.5 Å². The molecule has 2 aromatic carbocycles. The largest absolute Gasteiger partial charge is 0.496 e. The summed E-state index contributed by atoms with van der Waals surface area (Å²) in [5, 5.41) is 6.68. The van der Waals surface area contributed by atoms with Crippen LogP contribution in [0.1, 0.15) is 27.0 Å². The summed E-state index contributed by atoms with van der Waals surface area (Å²) in [6.45, 7) is 5.58. The fraction of sp³-hybridized carbons (Fsp3) is 0.417. The van der Waals surface area contributed by atoms with Crippen LogP contribution >= 0.6 is 0 Å². The number of guanidine groups is 1. The normalized spacial score (nSPS) is 14.7. The van der Waals surface area contributed by atoms with Crippen molar-refractivity contribution in [1.29, 1.82) is 0 Å². The van der Waals surface area contributed by atoms with Crippen LogP contribution in [0.2, 0.25) is 0 Å². The van der Waals surface area contributed by atoms with Gasteiger partial charge in [-0.15, -0.1) is 0 Å². The number of benzene rings is 2. The molecule has 0 spiro atoms. The Morgan fingerprint density at radius 3 is 2.47 bits per heavy atom. The number of morpholine rings is 1. The first-order valence-corrected chi connectivity index (χ1v) is 10.7. The molecule has 2 aromatic rings. The van der Waals surface area contributed by atoms with Crippen molar-refractivity contribution in [3.05, 3.63) is 64.7 Å². The summed E-state index contributed by atoms with van der Waals surface area (Å²) in [5.74, 6) is 0.740. The summed E-state index contributed by atoms with van der Waals surface area (Å²) in [4.78, 5) is 18.7. The Labute approximate surface area is 189 Å². The average Bonchev–Trinajstić information content (AvgIpc) is 2.85. The fourth-order valence-electron chi connectivity index (χ4n) is 3.60. The molecule has 1 fully saturated rings. The number of ether oxygens (including phenoxy) is 3. The van der Waals surface area contributed by atoms with E-state index >= 15 is 0 Å². The Hall–Kier alpha value is -3.10. The van der Waals surface area contributed by atoms with Crippen LogP contribution in [0.4, 0.5) is 0 Å². The standard InChI is InChI=1S/C24H32N4O4/c1-25-24(26-15-18-8-9-22(30-2)21(14-18)23(29)31-3)27-16-19-6-4-5-7-20(19)17-28-10-12-32-13-11-28/h4-9,14H,10-13,15-17H2,1-3H3,(H2,25,26,27). The predicted octanol–water partition coefficient (Wildman–Crippen LogP) is 2.18. The molecule has 0 atom stereocenters. The first-order chi connectivity index (χ1) is 15.6. The molecule has 2 N–H and O–H groups in total. The average molecular weight is 441 g/mol. The van der Waals surface area contributed by atoms with Gasteiger partial charge in [-0.3, -0.25) is 9.89 Å². The van der Waals surface area contributed by atoms with Crippen LogP contribution < -0.4 is 15.4 Å². The van der Waals surface area contributed by atoms with Gasteiger partial charge in [0.15, 0.2) is 5.96 Å². The van der Waals surface area contributed by atoms with Crippen LogP contribution in [0, 0.1) is 0 Å². The van der Waals surface area contributed by atoms with E-state index in [4.69, 9.17) is 14.2 Å². The third kappa shape index (κ3) is 6.45. The second kappa shape index (κ2) is 12.1. The molecule has 8 nitrogen and oxygen atoms in total. The molecule has 1 aliphatic rings.